The number of amides is 1. The van der Waals surface area contributed by atoms with Crippen LogP contribution in [0.15, 0.2) is 42.6 Å². The van der Waals surface area contributed by atoms with Crippen molar-refractivity contribution in [2.24, 2.45) is 0 Å². The molecule has 2 rings (SSSR count). The van der Waals surface area contributed by atoms with Crippen LogP contribution in [0.25, 0.3) is 0 Å². The SMILES string of the molecule is CCNc1ncccc1C(=O)Nc1ccc(I)cc1. The normalized spacial score (nSPS) is 10.0. The third kappa shape index (κ3) is 3.66. The fourth-order valence-corrected chi connectivity index (χ4v) is 1.99. The molecule has 0 fully saturated rings. The van der Waals surface area contributed by atoms with Crippen LogP contribution in [0.4, 0.5) is 11.5 Å². The van der Waals surface area contributed by atoms with Gasteiger partial charge in [-0.3, -0.25) is 4.79 Å². The van der Waals surface area contributed by atoms with Gasteiger partial charge in [0.1, 0.15) is 5.82 Å². The number of hydrogen-bond acceptors (Lipinski definition) is 3. The van der Waals surface area contributed by atoms with E-state index in [-0.39, 0.29) is 5.91 Å². The van der Waals surface area contributed by atoms with Crippen LogP contribution < -0.4 is 10.6 Å². The molecular weight excluding hydrogens is 353 g/mol. The van der Waals surface area contributed by atoms with E-state index >= 15 is 0 Å². The van der Waals surface area contributed by atoms with Gasteiger partial charge in [0.2, 0.25) is 0 Å². The molecule has 0 atom stereocenters. The summed E-state index contributed by atoms with van der Waals surface area (Å²) in [5.74, 6) is 0.443. The van der Waals surface area contributed by atoms with Gasteiger partial charge in [0, 0.05) is 22.0 Å². The Labute approximate surface area is 125 Å². The fraction of sp³-hybridized carbons (Fsp3) is 0.143. The van der Waals surface area contributed by atoms with Crippen molar-refractivity contribution < 1.29 is 4.79 Å². The lowest BCUT2D eigenvalue weighted by molar-refractivity contribution is 0.102. The van der Waals surface area contributed by atoms with Gasteiger partial charge in [-0.1, -0.05) is 0 Å². The van der Waals surface area contributed by atoms with Gasteiger partial charge in [-0.25, -0.2) is 4.98 Å². The molecule has 19 heavy (non-hydrogen) atoms. The Kier molecular flexibility index (Phi) is 4.73. The molecule has 0 saturated carbocycles. The molecule has 1 aromatic carbocycles. The van der Waals surface area contributed by atoms with Crippen molar-refractivity contribution in [1.82, 2.24) is 4.98 Å². The summed E-state index contributed by atoms with van der Waals surface area (Å²) >= 11 is 2.23. The topological polar surface area (TPSA) is 54.0 Å². The molecule has 2 N–H and O–H groups in total. The van der Waals surface area contributed by atoms with Crippen LogP contribution in [-0.4, -0.2) is 17.4 Å². The Morgan fingerprint density at radius 3 is 2.68 bits per heavy atom. The van der Waals surface area contributed by atoms with Crippen LogP contribution in [0.1, 0.15) is 17.3 Å². The maximum atomic E-state index is 12.2. The minimum absolute atomic E-state index is 0.162. The van der Waals surface area contributed by atoms with E-state index in [1.165, 1.54) is 0 Å². The molecule has 4 nitrogen and oxygen atoms in total. The summed E-state index contributed by atoms with van der Waals surface area (Å²) in [7, 11) is 0. The molecule has 0 aliphatic heterocycles. The van der Waals surface area contributed by atoms with Crippen molar-refractivity contribution in [2.45, 2.75) is 6.92 Å². The molecule has 2 aromatic rings. The maximum absolute atomic E-state index is 12.2. The summed E-state index contributed by atoms with van der Waals surface area (Å²) in [6.07, 6.45) is 1.67. The number of benzene rings is 1. The number of anilines is 2. The van der Waals surface area contributed by atoms with Gasteiger partial charge in [0.25, 0.3) is 5.91 Å². The molecule has 0 aliphatic carbocycles. The highest BCUT2D eigenvalue weighted by atomic mass is 127. The standard InChI is InChI=1S/C14H14IN3O/c1-2-16-13-12(4-3-9-17-13)14(19)18-11-7-5-10(15)6-8-11/h3-9H,2H2,1H3,(H,16,17)(H,18,19). The van der Waals surface area contributed by atoms with E-state index in [9.17, 15) is 4.79 Å². The first kappa shape index (κ1) is 13.8. The Morgan fingerprint density at radius 2 is 2.00 bits per heavy atom. The largest absolute Gasteiger partial charge is 0.370 e. The van der Waals surface area contributed by atoms with Crippen molar-refractivity contribution in [2.75, 3.05) is 17.2 Å². The first-order valence-corrected chi connectivity index (χ1v) is 7.04. The van der Waals surface area contributed by atoms with Crippen molar-refractivity contribution in [1.29, 1.82) is 0 Å². The second-order valence-electron chi connectivity index (χ2n) is 3.89. The lowest BCUT2D eigenvalue weighted by Crippen LogP contribution is -2.15. The van der Waals surface area contributed by atoms with E-state index < -0.39 is 0 Å². The predicted molar refractivity (Wildman–Crippen MR) is 85.5 cm³/mol. The summed E-state index contributed by atoms with van der Waals surface area (Å²) < 4.78 is 1.13. The van der Waals surface area contributed by atoms with Crippen LogP contribution in [0.2, 0.25) is 0 Å². The summed E-state index contributed by atoms with van der Waals surface area (Å²) in [5.41, 5.74) is 1.32. The number of nitrogens with one attached hydrogen (secondary N) is 2. The second kappa shape index (κ2) is 6.51. The second-order valence-corrected chi connectivity index (χ2v) is 5.14. The molecule has 0 radical (unpaired) electrons. The van der Waals surface area contributed by atoms with E-state index in [4.69, 9.17) is 0 Å². The molecule has 0 bridgehead atoms. The van der Waals surface area contributed by atoms with Crippen molar-refractivity contribution in [3.05, 3.63) is 51.7 Å². The first-order chi connectivity index (χ1) is 9.20. The number of halogens is 1. The smallest absolute Gasteiger partial charge is 0.259 e. The third-order valence-corrected chi connectivity index (χ3v) is 3.22. The highest BCUT2D eigenvalue weighted by Gasteiger charge is 2.11. The number of rotatable bonds is 4. The zero-order chi connectivity index (χ0) is 13.7. The molecule has 0 unspecified atom stereocenters. The van der Waals surface area contributed by atoms with E-state index in [1.807, 2.05) is 31.2 Å². The average Bonchev–Trinajstić information content (AvgIpc) is 2.42. The highest BCUT2D eigenvalue weighted by molar-refractivity contribution is 14.1. The molecule has 0 spiro atoms. The number of carbonyl (C=O) groups excluding carboxylic acids is 1. The average molecular weight is 367 g/mol. The van der Waals surface area contributed by atoms with Crippen molar-refractivity contribution in [3.8, 4) is 0 Å². The van der Waals surface area contributed by atoms with Crippen LogP contribution in [0, 0.1) is 3.57 Å². The van der Waals surface area contributed by atoms with Gasteiger partial charge in [-0.2, -0.15) is 0 Å². The van der Waals surface area contributed by atoms with Crippen LogP contribution >= 0.6 is 22.6 Å². The van der Waals surface area contributed by atoms with Gasteiger partial charge in [0.15, 0.2) is 0 Å². The predicted octanol–water partition coefficient (Wildman–Crippen LogP) is 3.37. The Bertz CT molecular complexity index is 569. The lowest BCUT2D eigenvalue weighted by Gasteiger charge is -2.09. The Hall–Kier alpha value is -1.63. The van der Waals surface area contributed by atoms with Gasteiger partial charge in [-0.15, -0.1) is 0 Å². The van der Waals surface area contributed by atoms with E-state index in [0.717, 1.165) is 15.8 Å². The fourth-order valence-electron chi connectivity index (χ4n) is 1.63. The van der Waals surface area contributed by atoms with E-state index in [1.54, 1.807) is 18.3 Å². The van der Waals surface area contributed by atoms with Crippen molar-refractivity contribution >= 4 is 40.0 Å². The number of carbonyl (C=O) groups is 1. The van der Waals surface area contributed by atoms with Crippen LogP contribution in [0.3, 0.4) is 0 Å². The van der Waals surface area contributed by atoms with Crippen molar-refractivity contribution in [3.63, 3.8) is 0 Å². The molecule has 5 heteroatoms. The molecule has 1 amide bonds. The van der Waals surface area contributed by atoms with Gasteiger partial charge >= 0.3 is 0 Å². The zero-order valence-electron chi connectivity index (χ0n) is 10.5. The summed E-state index contributed by atoms with van der Waals surface area (Å²) in [4.78, 5) is 16.4. The quantitative estimate of drug-likeness (QED) is 0.815. The number of pyridine rings is 1. The summed E-state index contributed by atoms with van der Waals surface area (Å²) in [6.45, 7) is 2.69. The number of hydrogen-bond donors (Lipinski definition) is 2. The van der Waals surface area contributed by atoms with Gasteiger partial charge < -0.3 is 10.6 Å². The van der Waals surface area contributed by atoms with E-state index in [0.29, 0.717) is 11.4 Å². The minimum Gasteiger partial charge on any atom is -0.370 e. The minimum atomic E-state index is -0.162. The van der Waals surface area contributed by atoms with E-state index in [2.05, 4.69) is 38.2 Å². The molecule has 0 aliphatic rings. The van der Waals surface area contributed by atoms with Gasteiger partial charge in [-0.05, 0) is 65.9 Å². The van der Waals surface area contributed by atoms with Crippen LogP contribution in [0.5, 0.6) is 0 Å². The molecule has 98 valence electrons. The Balaban J connectivity index is 2.18. The Morgan fingerprint density at radius 1 is 1.26 bits per heavy atom. The highest BCUT2D eigenvalue weighted by Crippen LogP contribution is 2.16. The summed E-state index contributed by atoms with van der Waals surface area (Å²) in [5, 5.41) is 5.94. The number of aromatic nitrogens is 1. The lowest BCUT2D eigenvalue weighted by atomic mass is 10.2. The monoisotopic (exact) mass is 367 g/mol. The van der Waals surface area contributed by atoms with Crippen LogP contribution in [-0.2, 0) is 0 Å². The number of nitrogens with zero attached hydrogens (tertiary/aromatic N) is 1. The van der Waals surface area contributed by atoms with Gasteiger partial charge in [0.05, 0.1) is 5.56 Å². The molecule has 0 saturated heterocycles. The first-order valence-electron chi connectivity index (χ1n) is 5.96. The zero-order valence-corrected chi connectivity index (χ0v) is 12.6. The summed E-state index contributed by atoms with van der Waals surface area (Å²) in [6, 6.07) is 11.2. The molecule has 1 aromatic heterocycles. The molecular formula is C14H14IN3O. The third-order valence-electron chi connectivity index (χ3n) is 2.50. The molecule has 1 heterocycles. The maximum Gasteiger partial charge on any atom is 0.259 e.